The van der Waals surface area contributed by atoms with Gasteiger partial charge in [-0.15, -0.1) is 0 Å². The van der Waals surface area contributed by atoms with Crippen molar-refractivity contribution in [2.75, 3.05) is 12.4 Å². The predicted molar refractivity (Wildman–Crippen MR) is 125 cm³/mol. The highest BCUT2D eigenvalue weighted by atomic mass is 16.5. The number of pyridine rings is 1. The van der Waals surface area contributed by atoms with Crippen LogP contribution < -0.4 is 15.4 Å². The lowest BCUT2D eigenvalue weighted by molar-refractivity contribution is 0.0952. The van der Waals surface area contributed by atoms with Crippen LogP contribution in [-0.2, 0) is 13.0 Å². The number of fused-ring (bicyclic) bond motifs is 1. The van der Waals surface area contributed by atoms with Gasteiger partial charge in [-0.1, -0.05) is 49.4 Å². The quantitative estimate of drug-likeness (QED) is 0.423. The van der Waals surface area contributed by atoms with E-state index in [2.05, 4.69) is 34.7 Å². The molecule has 0 radical (unpaired) electrons. The summed E-state index contributed by atoms with van der Waals surface area (Å²) < 4.78 is 5.19. The Morgan fingerprint density at radius 1 is 0.935 bits per heavy atom. The fourth-order valence-electron chi connectivity index (χ4n) is 3.42. The number of carbonyl (C=O) groups is 1. The summed E-state index contributed by atoms with van der Waals surface area (Å²) in [5.41, 5.74) is 4.57. The van der Waals surface area contributed by atoms with Gasteiger partial charge in [-0.25, -0.2) is 4.98 Å². The maximum Gasteiger partial charge on any atom is 0.252 e. The van der Waals surface area contributed by atoms with E-state index in [-0.39, 0.29) is 5.91 Å². The number of nitrogens with one attached hydrogen (secondary N) is 2. The molecule has 0 aliphatic heterocycles. The van der Waals surface area contributed by atoms with Crippen molar-refractivity contribution in [1.29, 1.82) is 0 Å². The van der Waals surface area contributed by atoms with E-state index in [1.807, 2.05) is 60.7 Å². The first-order valence-corrected chi connectivity index (χ1v) is 10.3. The van der Waals surface area contributed by atoms with Gasteiger partial charge in [0.2, 0.25) is 0 Å². The van der Waals surface area contributed by atoms with Crippen LogP contribution in [0.5, 0.6) is 5.75 Å². The molecule has 0 aliphatic carbocycles. The predicted octanol–water partition coefficient (Wildman–Crippen LogP) is 5.48. The Labute approximate surface area is 182 Å². The maximum absolute atomic E-state index is 13.1. The summed E-state index contributed by atoms with van der Waals surface area (Å²) in [6, 6.07) is 25.4. The summed E-state index contributed by atoms with van der Waals surface area (Å²) in [5, 5.41) is 7.16. The Kier molecular flexibility index (Phi) is 6.13. The average molecular weight is 412 g/mol. The van der Waals surface area contributed by atoms with E-state index in [0.29, 0.717) is 17.9 Å². The minimum Gasteiger partial charge on any atom is -0.497 e. The molecule has 4 aromatic rings. The number of carbonyl (C=O) groups excluding carboxylic acids is 1. The summed E-state index contributed by atoms with van der Waals surface area (Å²) in [6.45, 7) is 2.56. The van der Waals surface area contributed by atoms with Crippen LogP contribution in [0, 0.1) is 0 Å². The molecule has 0 saturated carbocycles. The number of ether oxygens (including phenoxy) is 1. The normalized spacial score (nSPS) is 10.6. The van der Waals surface area contributed by atoms with E-state index in [1.165, 1.54) is 5.56 Å². The SMILES string of the molecule is CCc1ccc(Nc2cc(C(=O)NCc3ccc(OC)cc3)c3ccccc3n2)cc1. The Morgan fingerprint density at radius 2 is 1.65 bits per heavy atom. The standard InChI is InChI=1S/C26H25N3O2/c1-3-18-8-12-20(13-9-18)28-25-16-23(22-6-4-5-7-24(22)29-25)26(30)27-17-19-10-14-21(31-2)15-11-19/h4-16H,3,17H2,1-2H3,(H,27,30)(H,28,29). The van der Waals surface area contributed by atoms with Gasteiger partial charge >= 0.3 is 0 Å². The van der Waals surface area contributed by atoms with Crippen LogP contribution in [0.4, 0.5) is 11.5 Å². The summed E-state index contributed by atoms with van der Waals surface area (Å²) in [6.07, 6.45) is 0.993. The molecule has 156 valence electrons. The van der Waals surface area contributed by atoms with Gasteiger partial charge in [0.05, 0.1) is 18.2 Å². The minimum absolute atomic E-state index is 0.140. The summed E-state index contributed by atoms with van der Waals surface area (Å²) in [4.78, 5) is 17.7. The Hall–Kier alpha value is -3.86. The average Bonchev–Trinajstić information content (AvgIpc) is 2.83. The molecule has 2 N–H and O–H groups in total. The van der Waals surface area contributed by atoms with Gasteiger partial charge in [0.15, 0.2) is 0 Å². The second kappa shape index (κ2) is 9.30. The smallest absolute Gasteiger partial charge is 0.252 e. The summed E-state index contributed by atoms with van der Waals surface area (Å²) in [7, 11) is 1.63. The van der Waals surface area contributed by atoms with Crippen molar-refractivity contribution in [3.05, 3.63) is 95.6 Å². The minimum atomic E-state index is -0.140. The number of methoxy groups -OCH3 is 1. The van der Waals surface area contributed by atoms with E-state index in [4.69, 9.17) is 4.74 Å². The molecule has 5 heteroatoms. The maximum atomic E-state index is 13.1. The monoisotopic (exact) mass is 411 g/mol. The van der Waals surface area contributed by atoms with Gasteiger partial charge in [0, 0.05) is 17.6 Å². The third kappa shape index (κ3) is 4.83. The molecular weight excluding hydrogens is 386 g/mol. The lowest BCUT2D eigenvalue weighted by Gasteiger charge is -2.12. The lowest BCUT2D eigenvalue weighted by Crippen LogP contribution is -2.23. The van der Waals surface area contributed by atoms with Gasteiger partial charge in [-0.2, -0.15) is 0 Å². The first-order valence-electron chi connectivity index (χ1n) is 10.3. The first kappa shape index (κ1) is 20.4. The number of para-hydroxylation sites is 1. The number of amides is 1. The molecular formula is C26H25N3O2. The molecule has 0 atom stereocenters. The topological polar surface area (TPSA) is 63.2 Å². The Balaban J connectivity index is 1.58. The molecule has 0 spiro atoms. The largest absolute Gasteiger partial charge is 0.497 e. The zero-order chi connectivity index (χ0) is 21.6. The zero-order valence-electron chi connectivity index (χ0n) is 17.7. The van der Waals surface area contributed by atoms with E-state index >= 15 is 0 Å². The number of aromatic nitrogens is 1. The fourth-order valence-corrected chi connectivity index (χ4v) is 3.42. The van der Waals surface area contributed by atoms with Crippen molar-refractivity contribution in [3.8, 4) is 5.75 Å². The number of rotatable bonds is 7. The van der Waals surface area contributed by atoms with Gasteiger partial charge in [-0.05, 0) is 53.9 Å². The number of hydrogen-bond acceptors (Lipinski definition) is 4. The van der Waals surface area contributed by atoms with E-state index in [0.717, 1.165) is 34.3 Å². The molecule has 0 unspecified atom stereocenters. The van der Waals surface area contributed by atoms with Crippen molar-refractivity contribution >= 4 is 28.3 Å². The van der Waals surface area contributed by atoms with E-state index in [9.17, 15) is 4.79 Å². The van der Waals surface area contributed by atoms with Crippen LogP contribution in [0.15, 0.2) is 78.9 Å². The van der Waals surface area contributed by atoms with Crippen molar-refractivity contribution in [3.63, 3.8) is 0 Å². The molecule has 5 nitrogen and oxygen atoms in total. The third-order valence-corrected chi connectivity index (χ3v) is 5.21. The summed E-state index contributed by atoms with van der Waals surface area (Å²) >= 11 is 0. The van der Waals surface area contributed by atoms with E-state index in [1.54, 1.807) is 13.2 Å². The van der Waals surface area contributed by atoms with Gasteiger partial charge in [0.1, 0.15) is 11.6 Å². The van der Waals surface area contributed by atoms with Gasteiger partial charge < -0.3 is 15.4 Å². The second-order valence-electron chi connectivity index (χ2n) is 7.28. The van der Waals surface area contributed by atoms with Crippen LogP contribution in [-0.4, -0.2) is 18.0 Å². The molecule has 0 bridgehead atoms. The fraction of sp³-hybridized carbons (Fsp3) is 0.154. The zero-order valence-corrected chi connectivity index (χ0v) is 17.7. The molecule has 3 aromatic carbocycles. The van der Waals surface area contributed by atoms with Crippen LogP contribution in [0.1, 0.15) is 28.4 Å². The van der Waals surface area contributed by atoms with Crippen LogP contribution >= 0.6 is 0 Å². The van der Waals surface area contributed by atoms with Crippen molar-refractivity contribution in [1.82, 2.24) is 10.3 Å². The van der Waals surface area contributed by atoms with E-state index < -0.39 is 0 Å². The molecule has 1 aromatic heterocycles. The molecule has 0 saturated heterocycles. The molecule has 4 rings (SSSR count). The first-order chi connectivity index (χ1) is 15.2. The number of anilines is 2. The summed E-state index contributed by atoms with van der Waals surface area (Å²) in [5.74, 6) is 1.29. The molecule has 1 heterocycles. The highest BCUT2D eigenvalue weighted by Gasteiger charge is 2.13. The van der Waals surface area contributed by atoms with Crippen LogP contribution in [0.25, 0.3) is 10.9 Å². The number of aryl methyl sites for hydroxylation is 1. The number of nitrogens with zero attached hydrogens (tertiary/aromatic N) is 1. The number of benzene rings is 3. The van der Waals surface area contributed by atoms with Crippen LogP contribution in [0.2, 0.25) is 0 Å². The van der Waals surface area contributed by atoms with Gasteiger partial charge in [0.25, 0.3) is 5.91 Å². The molecule has 0 aliphatic rings. The van der Waals surface area contributed by atoms with Crippen LogP contribution in [0.3, 0.4) is 0 Å². The molecule has 1 amide bonds. The molecule has 31 heavy (non-hydrogen) atoms. The number of hydrogen-bond donors (Lipinski definition) is 2. The van der Waals surface area contributed by atoms with Gasteiger partial charge in [-0.3, -0.25) is 4.79 Å². The third-order valence-electron chi connectivity index (χ3n) is 5.21. The van der Waals surface area contributed by atoms with Crippen molar-refractivity contribution in [2.45, 2.75) is 19.9 Å². The molecule has 0 fully saturated rings. The highest BCUT2D eigenvalue weighted by Crippen LogP contribution is 2.24. The lowest BCUT2D eigenvalue weighted by atomic mass is 10.1. The highest BCUT2D eigenvalue weighted by molar-refractivity contribution is 6.07. The van der Waals surface area contributed by atoms with Crippen molar-refractivity contribution in [2.24, 2.45) is 0 Å². The second-order valence-corrected chi connectivity index (χ2v) is 7.28. The van der Waals surface area contributed by atoms with Crippen molar-refractivity contribution < 1.29 is 9.53 Å². The Morgan fingerprint density at radius 3 is 2.35 bits per heavy atom. The Bertz CT molecular complexity index is 1190.